The highest BCUT2D eigenvalue weighted by Gasteiger charge is 2.17. The Balaban J connectivity index is 1.73. The monoisotopic (exact) mass is 471 g/mol. The zero-order valence-electron chi connectivity index (χ0n) is 19.7. The minimum absolute atomic E-state index is 0.129. The Morgan fingerprint density at radius 3 is 2.67 bits per heavy atom. The molecule has 3 rings (SSSR count). The second kappa shape index (κ2) is 11.5. The van der Waals surface area contributed by atoms with Crippen LogP contribution in [0, 0.1) is 12.8 Å². The number of aryl methyl sites for hydroxylation is 2. The molecule has 0 radical (unpaired) electrons. The van der Waals surface area contributed by atoms with Crippen molar-refractivity contribution in [1.29, 1.82) is 0 Å². The van der Waals surface area contributed by atoms with Gasteiger partial charge in [-0.2, -0.15) is 0 Å². The van der Waals surface area contributed by atoms with Gasteiger partial charge in [0.1, 0.15) is 6.61 Å². The highest BCUT2D eigenvalue weighted by molar-refractivity contribution is 7.15. The predicted octanol–water partition coefficient (Wildman–Crippen LogP) is 3.94. The van der Waals surface area contributed by atoms with Crippen LogP contribution in [-0.2, 0) is 24.1 Å². The zero-order chi connectivity index (χ0) is 24.0. The second-order valence-electron chi connectivity index (χ2n) is 8.72. The lowest BCUT2D eigenvalue weighted by molar-refractivity contribution is -0.124. The van der Waals surface area contributed by atoms with Gasteiger partial charge in [-0.25, -0.2) is 0 Å². The summed E-state index contributed by atoms with van der Waals surface area (Å²) in [4.78, 5) is 13.5. The summed E-state index contributed by atoms with van der Waals surface area (Å²) in [6, 6.07) is 8.30. The summed E-state index contributed by atoms with van der Waals surface area (Å²) in [5.74, 6) is 1.16. The topological polar surface area (TPSA) is 108 Å². The lowest BCUT2D eigenvalue weighted by atomic mass is 9.92. The van der Waals surface area contributed by atoms with Gasteiger partial charge >= 0.3 is 0 Å². The van der Waals surface area contributed by atoms with E-state index in [-0.39, 0.29) is 6.54 Å². The summed E-state index contributed by atoms with van der Waals surface area (Å²) >= 11 is 1.69. The summed E-state index contributed by atoms with van der Waals surface area (Å²) in [6.45, 7) is 8.11. The molecule has 0 aliphatic carbocycles. The molecular weight excluding hydrogens is 438 g/mol. The van der Waals surface area contributed by atoms with Gasteiger partial charge in [0.2, 0.25) is 11.8 Å². The summed E-state index contributed by atoms with van der Waals surface area (Å²) in [5, 5.41) is 30.0. The van der Waals surface area contributed by atoms with Crippen LogP contribution < -0.4 is 5.32 Å². The Hall–Kier alpha value is -2.55. The molecular formula is C25H33N3O4S. The maximum Gasteiger partial charge on any atom is 0.258 e. The molecule has 0 bridgehead atoms. The van der Waals surface area contributed by atoms with Crippen molar-refractivity contribution < 1.29 is 19.4 Å². The number of aliphatic hydroxyl groups excluding tert-OH is 2. The lowest BCUT2D eigenvalue weighted by Gasteiger charge is -2.16. The standard InChI is InChI=1S/C25H33N3O4S/c1-5-17-12-18(11-16(4)21(17)8-6-19(30)13-26-23(31)14-29)24-27-28-25(32-24)22-9-7-20(33-22)10-15(2)3/h7,9,11-12,15,19,29-30H,5-6,8,10,13-14H2,1-4H3,(H,26,31)/t19-/m1/s1. The van der Waals surface area contributed by atoms with Gasteiger partial charge < -0.3 is 19.9 Å². The van der Waals surface area contributed by atoms with Crippen LogP contribution >= 0.6 is 11.3 Å². The predicted molar refractivity (Wildman–Crippen MR) is 130 cm³/mol. The maximum atomic E-state index is 11.2. The minimum Gasteiger partial charge on any atom is -0.415 e. The number of carbonyl (C=O) groups excluding carboxylic acids is 1. The van der Waals surface area contributed by atoms with Crippen molar-refractivity contribution in [3.63, 3.8) is 0 Å². The number of aromatic nitrogens is 2. The van der Waals surface area contributed by atoms with Crippen LogP contribution in [0.2, 0.25) is 0 Å². The fraction of sp³-hybridized carbons (Fsp3) is 0.480. The summed E-state index contributed by atoms with van der Waals surface area (Å²) in [6.07, 6.45) is 2.41. The molecule has 0 spiro atoms. The van der Waals surface area contributed by atoms with Crippen molar-refractivity contribution in [2.75, 3.05) is 13.2 Å². The van der Waals surface area contributed by atoms with E-state index >= 15 is 0 Å². The van der Waals surface area contributed by atoms with Crippen LogP contribution in [0.3, 0.4) is 0 Å². The molecule has 2 heterocycles. The van der Waals surface area contributed by atoms with Crippen molar-refractivity contribution in [2.24, 2.45) is 5.92 Å². The normalized spacial score (nSPS) is 12.3. The van der Waals surface area contributed by atoms with Crippen molar-refractivity contribution in [3.05, 3.63) is 45.8 Å². The number of thiophene rings is 1. The number of hydrogen-bond acceptors (Lipinski definition) is 7. The first-order valence-electron chi connectivity index (χ1n) is 11.4. The van der Waals surface area contributed by atoms with Gasteiger partial charge in [0.25, 0.3) is 5.89 Å². The second-order valence-corrected chi connectivity index (χ2v) is 9.88. The third-order valence-electron chi connectivity index (χ3n) is 5.51. The molecule has 7 nitrogen and oxygen atoms in total. The first-order chi connectivity index (χ1) is 15.8. The van der Waals surface area contributed by atoms with E-state index in [1.807, 2.05) is 19.1 Å². The first kappa shape index (κ1) is 25.1. The number of nitrogens with zero attached hydrogens (tertiary/aromatic N) is 2. The molecule has 33 heavy (non-hydrogen) atoms. The number of amides is 1. The molecule has 1 amide bonds. The van der Waals surface area contributed by atoms with Gasteiger partial charge in [-0.05, 0) is 79.5 Å². The average Bonchev–Trinajstić information content (AvgIpc) is 3.45. The van der Waals surface area contributed by atoms with Gasteiger partial charge in [-0.1, -0.05) is 20.8 Å². The molecule has 0 unspecified atom stereocenters. The third-order valence-corrected chi connectivity index (χ3v) is 6.60. The minimum atomic E-state index is -0.672. The van der Waals surface area contributed by atoms with Crippen LogP contribution in [0.4, 0.5) is 0 Å². The lowest BCUT2D eigenvalue weighted by Crippen LogP contribution is -2.34. The van der Waals surface area contributed by atoms with Crippen molar-refractivity contribution >= 4 is 17.2 Å². The molecule has 1 aromatic carbocycles. The largest absolute Gasteiger partial charge is 0.415 e. The molecule has 178 valence electrons. The van der Waals surface area contributed by atoms with E-state index in [0.717, 1.165) is 28.8 Å². The molecule has 2 aromatic heterocycles. The first-order valence-corrected chi connectivity index (χ1v) is 12.2. The Kier molecular flexibility index (Phi) is 8.77. The van der Waals surface area contributed by atoms with Gasteiger partial charge in [0, 0.05) is 17.0 Å². The number of benzene rings is 1. The van der Waals surface area contributed by atoms with E-state index < -0.39 is 18.6 Å². The Morgan fingerprint density at radius 1 is 1.21 bits per heavy atom. The SMILES string of the molecule is CCc1cc(-c2nnc(-c3ccc(CC(C)C)s3)o2)cc(C)c1CC[C@@H](O)CNC(=O)CO. The molecule has 3 aromatic rings. The fourth-order valence-corrected chi connectivity index (χ4v) is 4.97. The van der Waals surface area contributed by atoms with E-state index in [1.54, 1.807) is 11.3 Å². The summed E-state index contributed by atoms with van der Waals surface area (Å²) in [5.41, 5.74) is 4.35. The van der Waals surface area contributed by atoms with Crippen molar-refractivity contribution in [2.45, 2.75) is 59.5 Å². The fourth-order valence-electron chi connectivity index (χ4n) is 3.83. The van der Waals surface area contributed by atoms with Crippen LogP contribution in [0.25, 0.3) is 22.2 Å². The van der Waals surface area contributed by atoms with E-state index in [9.17, 15) is 9.90 Å². The van der Waals surface area contributed by atoms with Gasteiger partial charge in [0.15, 0.2) is 0 Å². The average molecular weight is 472 g/mol. The Labute approximate surface area is 198 Å². The number of nitrogens with one attached hydrogen (secondary N) is 1. The molecule has 0 fully saturated rings. The number of aliphatic hydroxyl groups is 2. The molecule has 0 aliphatic rings. The zero-order valence-corrected chi connectivity index (χ0v) is 20.5. The van der Waals surface area contributed by atoms with Crippen LogP contribution in [0.15, 0.2) is 28.7 Å². The molecule has 1 atom stereocenters. The highest BCUT2D eigenvalue weighted by atomic mass is 32.1. The maximum absolute atomic E-state index is 11.2. The number of hydrogen-bond donors (Lipinski definition) is 3. The molecule has 3 N–H and O–H groups in total. The van der Waals surface area contributed by atoms with Crippen LogP contribution in [0.5, 0.6) is 0 Å². The van der Waals surface area contributed by atoms with E-state index in [4.69, 9.17) is 9.52 Å². The van der Waals surface area contributed by atoms with E-state index in [2.05, 4.69) is 48.4 Å². The van der Waals surface area contributed by atoms with Crippen molar-refractivity contribution in [1.82, 2.24) is 15.5 Å². The van der Waals surface area contributed by atoms with E-state index in [1.165, 1.54) is 16.0 Å². The molecule has 0 aliphatic heterocycles. The van der Waals surface area contributed by atoms with Crippen molar-refractivity contribution in [3.8, 4) is 22.2 Å². The van der Waals surface area contributed by atoms with E-state index in [0.29, 0.717) is 30.5 Å². The van der Waals surface area contributed by atoms with Gasteiger partial charge in [-0.3, -0.25) is 4.79 Å². The summed E-state index contributed by atoms with van der Waals surface area (Å²) in [7, 11) is 0. The van der Waals surface area contributed by atoms with Gasteiger partial charge in [-0.15, -0.1) is 21.5 Å². The number of carbonyl (C=O) groups is 1. The molecule has 0 saturated heterocycles. The molecule has 8 heteroatoms. The van der Waals surface area contributed by atoms with Crippen LogP contribution in [0.1, 0.15) is 48.8 Å². The Morgan fingerprint density at radius 2 is 1.97 bits per heavy atom. The Bertz CT molecular complexity index is 1070. The third kappa shape index (κ3) is 6.72. The quantitative estimate of drug-likeness (QED) is 0.391. The van der Waals surface area contributed by atoms with Crippen LogP contribution in [-0.4, -0.2) is 45.6 Å². The highest BCUT2D eigenvalue weighted by Crippen LogP contribution is 2.32. The smallest absolute Gasteiger partial charge is 0.258 e. The summed E-state index contributed by atoms with van der Waals surface area (Å²) < 4.78 is 6.02. The molecule has 0 saturated carbocycles. The number of rotatable bonds is 11. The van der Waals surface area contributed by atoms with Gasteiger partial charge in [0.05, 0.1) is 11.0 Å².